The van der Waals surface area contributed by atoms with Gasteiger partial charge in [0.15, 0.2) is 0 Å². The van der Waals surface area contributed by atoms with E-state index in [4.69, 9.17) is 0 Å². The average molecular weight is 327 g/mol. The van der Waals surface area contributed by atoms with Gasteiger partial charge in [-0.2, -0.15) is 0 Å². The van der Waals surface area contributed by atoms with E-state index in [0.717, 1.165) is 62.5 Å². The molecule has 2 saturated heterocycles. The van der Waals surface area contributed by atoms with E-state index in [0.29, 0.717) is 0 Å². The molecule has 0 spiro atoms. The molecule has 0 aliphatic carbocycles. The van der Waals surface area contributed by atoms with Gasteiger partial charge in [-0.1, -0.05) is 6.07 Å². The number of piperidine rings is 1. The highest BCUT2D eigenvalue weighted by Gasteiger charge is 2.27. The number of hydrogen-bond acceptors (Lipinski definition) is 3. The summed E-state index contributed by atoms with van der Waals surface area (Å²) >= 11 is 0. The molecule has 3 aliphatic rings. The number of anilines is 1. The lowest BCUT2D eigenvalue weighted by Crippen LogP contribution is -2.41. The third-order valence-corrected chi connectivity index (χ3v) is 5.94. The monoisotopic (exact) mass is 327 g/mol. The fourth-order valence-electron chi connectivity index (χ4n) is 4.53. The minimum atomic E-state index is 0.246. The first-order valence-corrected chi connectivity index (χ1v) is 9.68. The Kier molecular flexibility index (Phi) is 4.74. The molecule has 3 heterocycles. The van der Waals surface area contributed by atoms with Crippen LogP contribution in [0.15, 0.2) is 18.2 Å². The summed E-state index contributed by atoms with van der Waals surface area (Å²) in [5.74, 6) is 1.02. The van der Waals surface area contributed by atoms with Gasteiger partial charge in [-0.3, -0.25) is 4.79 Å². The molecule has 1 amide bonds. The van der Waals surface area contributed by atoms with Crippen molar-refractivity contribution in [1.82, 2.24) is 9.80 Å². The molecule has 24 heavy (non-hydrogen) atoms. The predicted molar refractivity (Wildman–Crippen MR) is 97.6 cm³/mol. The lowest BCUT2D eigenvalue weighted by Gasteiger charge is -2.34. The van der Waals surface area contributed by atoms with E-state index in [-0.39, 0.29) is 5.91 Å². The second kappa shape index (κ2) is 7.14. The van der Waals surface area contributed by atoms with Crippen molar-refractivity contribution in [2.24, 2.45) is 5.92 Å². The molecule has 0 atom stereocenters. The molecule has 0 unspecified atom stereocenters. The van der Waals surface area contributed by atoms with Gasteiger partial charge in [0.2, 0.25) is 0 Å². The second-order valence-electron chi connectivity index (χ2n) is 7.61. The molecular weight excluding hydrogens is 298 g/mol. The third kappa shape index (κ3) is 3.30. The van der Waals surface area contributed by atoms with Gasteiger partial charge >= 0.3 is 0 Å². The molecule has 1 N–H and O–H groups in total. The van der Waals surface area contributed by atoms with Crippen LogP contribution in [0.1, 0.15) is 48.0 Å². The summed E-state index contributed by atoms with van der Waals surface area (Å²) in [6, 6.07) is 6.14. The van der Waals surface area contributed by atoms with Crippen molar-refractivity contribution < 1.29 is 4.79 Å². The number of nitrogens with one attached hydrogen (secondary N) is 1. The molecule has 4 nitrogen and oxygen atoms in total. The van der Waals surface area contributed by atoms with Crippen LogP contribution in [0.3, 0.4) is 0 Å². The molecule has 2 fully saturated rings. The highest BCUT2D eigenvalue weighted by molar-refractivity contribution is 5.97. The Bertz CT molecular complexity index is 587. The zero-order valence-electron chi connectivity index (χ0n) is 14.6. The maximum absolute atomic E-state index is 13.0. The maximum Gasteiger partial charge on any atom is 0.254 e. The van der Waals surface area contributed by atoms with Gasteiger partial charge in [0.05, 0.1) is 0 Å². The summed E-state index contributed by atoms with van der Waals surface area (Å²) in [6.07, 6.45) is 7.20. The van der Waals surface area contributed by atoms with Gasteiger partial charge in [0, 0.05) is 37.4 Å². The van der Waals surface area contributed by atoms with Gasteiger partial charge < -0.3 is 15.1 Å². The molecule has 0 radical (unpaired) electrons. The highest BCUT2D eigenvalue weighted by Crippen LogP contribution is 2.28. The summed E-state index contributed by atoms with van der Waals surface area (Å²) in [6.45, 7) is 6.67. The van der Waals surface area contributed by atoms with Crippen molar-refractivity contribution in [2.75, 3.05) is 44.6 Å². The van der Waals surface area contributed by atoms with E-state index in [9.17, 15) is 4.79 Å². The highest BCUT2D eigenvalue weighted by atomic mass is 16.2. The summed E-state index contributed by atoms with van der Waals surface area (Å²) in [4.78, 5) is 17.7. The SMILES string of the molecule is O=C(c1cccc2c1CCCN2)N1CCC(CN2CCCC2)CC1. The first kappa shape index (κ1) is 15.9. The van der Waals surface area contributed by atoms with Gasteiger partial charge in [-0.05, 0) is 75.2 Å². The Hall–Kier alpha value is -1.55. The number of amides is 1. The smallest absolute Gasteiger partial charge is 0.254 e. The Morgan fingerprint density at radius 2 is 1.88 bits per heavy atom. The van der Waals surface area contributed by atoms with E-state index in [1.807, 2.05) is 12.1 Å². The largest absolute Gasteiger partial charge is 0.385 e. The first-order chi connectivity index (χ1) is 11.8. The van der Waals surface area contributed by atoms with Crippen molar-refractivity contribution >= 4 is 11.6 Å². The van der Waals surface area contributed by atoms with Crippen molar-refractivity contribution in [3.63, 3.8) is 0 Å². The molecule has 4 rings (SSSR count). The Morgan fingerprint density at radius 3 is 2.67 bits per heavy atom. The van der Waals surface area contributed by atoms with E-state index in [1.165, 1.54) is 38.0 Å². The fourth-order valence-corrected chi connectivity index (χ4v) is 4.53. The van der Waals surface area contributed by atoms with Crippen LogP contribution in [0.2, 0.25) is 0 Å². The molecule has 0 saturated carbocycles. The Morgan fingerprint density at radius 1 is 1.08 bits per heavy atom. The van der Waals surface area contributed by atoms with Gasteiger partial charge in [0.25, 0.3) is 5.91 Å². The number of likely N-dealkylation sites (tertiary alicyclic amines) is 2. The molecule has 0 aromatic heterocycles. The van der Waals surface area contributed by atoms with E-state index >= 15 is 0 Å². The first-order valence-electron chi connectivity index (χ1n) is 9.68. The molecule has 1 aromatic carbocycles. The zero-order valence-corrected chi connectivity index (χ0v) is 14.6. The number of carbonyl (C=O) groups excluding carboxylic acids is 1. The number of fused-ring (bicyclic) bond motifs is 1. The average Bonchev–Trinajstić information content (AvgIpc) is 3.14. The third-order valence-electron chi connectivity index (χ3n) is 5.94. The normalized spacial score (nSPS) is 22.2. The standard InChI is InChI=1S/C20H29N3O/c24-20(18-5-3-7-19-17(18)6-4-10-21-19)23-13-8-16(9-14-23)15-22-11-1-2-12-22/h3,5,7,16,21H,1-2,4,6,8-15H2. The second-order valence-corrected chi connectivity index (χ2v) is 7.61. The fraction of sp³-hybridized carbons (Fsp3) is 0.650. The van der Waals surface area contributed by atoms with Crippen molar-refractivity contribution in [3.8, 4) is 0 Å². The number of nitrogens with zero attached hydrogens (tertiary/aromatic N) is 2. The van der Waals surface area contributed by atoms with Crippen LogP contribution in [0.5, 0.6) is 0 Å². The van der Waals surface area contributed by atoms with E-state index in [2.05, 4.69) is 21.2 Å². The molecule has 3 aliphatic heterocycles. The quantitative estimate of drug-likeness (QED) is 0.927. The minimum absolute atomic E-state index is 0.246. The molecule has 4 heteroatoms. The minimum Gasteiger partial charge on any atom is -0.385 e. The number of rotatable bonds is 3. The van der Waals surface area contributed by atoms with Crippen LogP contribution in [0.25, 0.3) is 0 Å². The maximum atomic E-state index is 13.0. The van der Waals surface area contributed by atoms with Crippen LogP contribution >= 0.6 is 0 Å². The zero-order chi connectivity index (χ0) is 16.4. The van der Waals surface area contributed by atoms with E-state index in [1.54, 1.807) is 0 Å². The van der Waals surface area contributed by atoms with Crippen LogP contribution in [0, 0.1) is 5.92 Å². The molecule has 0 bridgehead atoms. The van der Waals surface area contributed by atoms with Crippen LogP contribution in [0.4, 0.5) is 5.69 Å². The van der Waals surface area contributed by atoms with Crippen molar-refractivity contribution in [2.45, 2.75) is 38.5 Å². The summed E-state index contributed by atoms with van der Waals surface area (Å²) in [7, 11) is 0. The Balaban J connectivity index is 1.38. The van der Waals surface area contributed by atoms with Gasteiger partial charge in [0.1, 0.15) is 0 Å². The number of hydrogen-bond donors (Lipinski definition) is 1. The summed E-state index contributed by atoms with van der Waals surface area (Å²) in [5.41, 5.74) is 3.32. The van der Waals surface area contributed by atoms with Crippen molar-refractivity contribution in [3.05, 3.63) is 29.3 Å². The predicted octanol–water partition coefficient (Wildman–Crippen LogP) is 2.99. The Labute approximate surface area is 145 Å². The summed E-state index contributed by atoms with van der Waals surface area (Å²) in [5, 5.41) is 3.43. The van der Waals surface area contributed by atoms with Crippen molar-refractivity contribution in [1.29, 1.82) is 0 Å². The van der Waals surface area contributed by atoms with Crippen LogP contribution in [-0.2, 0) is 6.42 Å². The van der Waals surface area contributed by atoms with E-state index < -0.39 is 0 Å². The number of benzene rings is 1. The van der Waals surface area contributed by atoms with Crippen LogP contribution < -0.4 is 5.32 Å². The molecular formula is C20H29N3O. The van der Waals surface area contributed by atoms with Gasteiger partial charge in [-0.25, -0.2) is 0 Å². The lowest BCUT2D eigenvalue weighted by atomic mass is 9.93. The van der Waals surface area contributed by atoms with Gasteiger partial charge in [-0.15, -0.1) is 0 Å². The topological polar surface area (TPSA) is 35.6 Å². The number of carbonyl (C=O) groups is 1. The molecule has 130 valence electrons. The lowest BCUT2D eigenvalue weighted by molar-refractivity contribution is 0.0672. The van der Waals surface area contributed by atoms with Crippen LogP contribution in [-0.4, -0.2) is 55.0 Å². The summed E-state index contributed by atoms with van der Waals surface area (Å²) < 4.78 is 0. The molecule has 1 aromatic rings.